The molecular formula is C6H10N2O2. The third kappa shape index (κ3) is 1.46. The maximum Gasteiger partial charge on any atom is 0.266 e. The monoisotopic (exact) mass is 142 g/mol. The minimum Gasteiger partial charge on any atom is -0.399 e. The minimum atomic E-state index is -0.468. The molecule has 0 aromatic rings. The topological polar surface area (TPSA) is 64.7 Å². The van der Waals surface area contributed by atoms with Crippen LogP contribution in [0.1, 0.15) is 12.8 Å². The highest BCUT2D eigenvalue weighted by molar-refractivity contribution is 6.39. The molecule has 0 aromatic heterocycles. The number of primary amides is 1. The third-order valence-corrected chi connectivity index (χ3v) is 1.41. The summed E-state index contributed by atoms with van der Waals surface area (Å²) >= 11 is 0. The van der Waals surface area contributed by atoms with Gasteiger partial charge in [0.2, 0.25) is 0 Å². The van der Waals surface area contributed by atoms with E-state index in [4.69, 9.17) is 5.73 Å². The summed E-state index contributed by atoms with van der Waals surface area (Å²) in [4.78, 5) is 15.0. The second-order valence-electron chi connectivity index (χ2n) is 2.30. The van der Waals surface area contributed by atoms with Crippen LogP contribution < -0.4 is 5.73 Å². The van der Waals surface area contributed by atoms with Gasteiger partial charge in [0.25, 0.3) is 5.91 Å². The van der Waals surface area contributed by atoms with E-state index < -0.39 is 5.91 Å². The molecule has 1 fully saturated rings. The number of nitrogens with two attached hydrogens (primary N) is 1. The predicted octanol–water partition coefficient (Wildman–Crippen LogP) is -0.116. The van der Waals surface area contributed by atoms with Crippen LogP contribution in [0.15, 0.2) is 5.16 Å². The molecule has 2 N–H and O–H groups in total. The lowest BCUT2D eigenvalue weighted by Crippen LogP contribution is -2.25. The van der Waals surface area contributed by atoms with Crippen molar-refractivity contribution < 1.29 is 9.63 Å². The number of rotatable bonds is 3. The molecule has 1 aliphatic carbocycles. The van der Waals surface area contributed by atoms with Crippen molar-refractivity contribution in [3.63, 3.8) is 0 Å². The lowest BCUT2D eigenvalue weighted by molar-refractivity contribution is -0.112. The van der Waals surface area contributed by atoms with Gasteiger partial charge in [-0.05, 0) is 12.8 Å². The zero-order valence-electron chi connectivity index (χ0n) is 5.83. The van der Waals surface area contributed by atoms with E-state index in [1.807, 2.05) is 0 Å². The Labute approximate surface area is 59.0 Å². The molecule has 0 radical (unpaired) electrons. The Morgan fingerprint density at radius 3 is 2.60 bits per heavy atom. The van der Waals surface area contributed by atoms with Gasteiger partial charge in [0, 0.05) is 5.92 Å². The van der Waals surface area contributed by atoms with E-state index in [1.54, 1.807) is 0 Å². The molecule has 0 aromatic carbocycles. The predicted molar refractivity (Wildman–Crippen MR) is 36.4 cm³/mol. The molecule has 1 rings (SSSR count). The molecule has 1 aliphatic rings. The largest absolute Gasteiger partial charge is 0.399 e. The van der Waals surface area contributed by atoms with Crippen molar-refractivity contribution in [1.29, 1.82) is 0 Å². The van der Waals surface area contributed by atoms with Crippen molar-refractivity contribution in [2.24, 2.45) is 16.8 Å². The second kappa shape index (κ2) is 2.68. The van der Waals surface area contributed by atoms with Crippen LogP contribution in [0.4, 0.5) is 0 Å². The number of nitrogens with zero attached hydrogens (tertiary/aromatic N) is 1. The van der Waals surface area contributed by atoms with Gasteiger partial charge in [-0.1, -0.05) is 5.16 Å². The van der Waals surface area contributed by atoms with E-state index in [0.29, 0.717) is 5.71 Å². The van der Waals surface area contributed by atoms with Gasteiger partial charge >= 0.3 is 0 Å². The first-order valence-electron chi connectivity index (χ1n) is 3.16. The Hall–Kier alpha value is -1.06. The lowest BCUT2D eigenvalue weighted by atomic mass is 10.2. The zero-order valence-corrected chi connectivity index (χ0v) is 5.83. The Bertz CT molecular complexity index is 173. The van der Waals surface area contributed by atoms with Gasteiger partial charge in [-0.3, -0.25) is 4.79 Å². The first-order chi connectivity index (χ1) is 4.75. The molecule has 10 heavy (non-hydrogen) atoms. The first-order valence-corrected chi connectivity index (χ1v) is 3.16. The smallest absolute Gasteiger partial charge is 0.266 e. The van der Waals surface area contributed by atoms with Gasteiger partial charge in [0.15, 0.2) is 0 Å². The molecule has 1 amide bonds. The van der Waals surface area contributed by atoms with Gasteiger partial charge in [-0.2, -0.15) is 0 Å². The first kappa shape index (κ1) is 7.05. The summed E-state index contributed by atoms with van der Waals surface area (Å²) in [6.45, 7) is 0. The summed E-state index contributed by atoms with van der Waals surface area (Å²) in [5, 5.41) is 3.53. The van der Waals surface area contributed by atoms with Gasteiger partial charge in [0.05, 0.1) is 0 Å². The molecule has 56 valence electrons. The van der Waals surface area contributed by atoms with Crippen LogP contribution in [0.5, 0.6) is 0 Å². The number of hydrogen-bond acceptors (Lipinski definition) is 3. The Balaban J connectivity index is 2.58. The van der Waals surface area contributed by atoms with Crippen LogP contribution in [0.2, 0.25) is 0 Å². The molecule has 0 aliphatic heterocycles. The van der Waals surface area contributed by atoms with Gasteiger partial charge in [-0.25, -0.2) is 0 Å². The number of hydrogen-bond donors (Lipinski definition) is 1. The normalized spacial score (nSPS) is 18.7. The lowest BCUT2D eigenvalue weighted by Gasteiger charge is -1.95. The molecule has 0 unspecified atom stereocenters. The number of carbonyl (C=O) groups is 1. The molecule has 0 spiro atoms. The van der Waals surface area contributed by atoms with Crippen molar-refractivity contribution in [3.05, 3.63) is 0 Å². The van der Waals surface area contributed by atoms with E-state index in [1.165, 1.54) is 7.11 Å². The summed E-state index contributed by atoms with van der Waals surface area (Å²) in [5.74, 6) is -0.207. The Morgan fingerprint density at radius 1 is 1.70 bits per heavy atom. The highest BCUT2D eigenvalue weighted by Crippen LogP contribution is 2.30. The van der Waals surface area contributed by atoms with Gasteiger partial charge in [-0.15, -0.1) is 0 Å². The summed E-state index contributed by atoms with van der Waals surface area (Å²) in [5.41, 5.74) is 5.39. The fraction of sp³-hybridized carbons (Fsp3) is 0.667. The van der Waals surface area contributed by atoms with E-state index in [2.05, 4.69) is 9.99 Å². The van der Waals surface area contributed by atoms with Crippen LogP contribution in [0.3, 0.4) is 0 Å². The van der Waals surface area contributed by atoms with Crippen LogP contribution in [-0.4, -0.2) is 18.7 Å². The van der Waals surface area contributed by atoms with Crippen molar-refractivity contribution in [2.45, 2.75) is 12.8 Å². The molecule has 4 nitrogen and oxygen atoms in total. The molecule has 0 atom stereocenters. The Morgan fingerprint density at radius 2 is 2.30 bits per heavy atom. The highest BCUT2D eigenvalue weighted by atomic mass is 16.6. The number of carbonyl (C=O) groups excluding carboxylic acids is 1. The maximum absolute atomic E-state index is 10.6. The third-order valence-electron chi connectivity index (χ3n) is 1.41. The molecule has 0 bridgehead atoms. The molecule has 1 saturated carbocycles. The summed E-state index contributed by atoms with van der Waals surface area (Å²) in [7, 11) is 1.41. The van der Waals surface area contributed by atoms with E-state index in [-0.39, 0.29) is 5.92 Å². The highest BCUT2D eigenvalue weighted by Gasteiger charge is 2.31. The number of oxime groups is 1. The second-order valence-corrected chi connectivity index (χ2v) is 2.30. The zero-order chi connectivity index (χ0) is 7.56. The van der Waals surface area contributed by atoms with Crippen LogP contribution in [0, 0.1) is 5.92 Å². The molecule has 0 saturated heterocycles. The van der Waals surface area contributed by atoms with E-state index in [0.717, 1.165) is 12.8 Å². The summed E-state index contributed by atoms with van der Waals surface area (Å²) in [6, 6.07) is 0. The van der Waals surface area contributed by atoms with Crippen molar-refractivity contribution in [2.75, 3.05) is 7.11 Å². The fourth-order valence-electron chi connectivity index (χ4n) is 0.776. The average molecular weight is 142 g/mol. The summed E-state index contributed by atoms with van der Waals surface area (Å²) < 4.78 is 0. The van der Waals surface area contributed by atoms with Crippen molar-refractivity contribution >= 4 is 11.6 Å². The van der Waals surface area contributed by atoms with Crippen molar-refractivity contribution in [1.82, 2.24) is 0 Å². The maximum atomic E-state index is 10.6. The number of amides is 1. The quantitative estimate of drug-likeness (QED) is 0.441. The summed E-state index contributed by atoms with van der Waals surface area (Å²) in [6.07, 6.45) is 2.01. The fourth-order valence-corrected chi connectivity index (χ4v) is 0.776. The van der Waals surface area contributed by atoms with Gasteiger partial charge < -0.3 is 10.6 Å². The van der Waals surface area contributed by atoms with Gasteiger partial charge in [0.1, 0.15) is 12.8 Å². The van der Waals surface area contributed by atoms with Crippen LogP contribution in [0.25, 0.3) is 0 Å². The average Bonchev–Trinajstić information content (AvgIpc) is 2.63. The van der Waals surface area contributed by atoms with E-state index in [9.17, 15) is 4.79 Å². The molecular weight excluding hydrogens is 132 g/mol. The van der Waals surface area contributed by atoms with Crippen LogP contribution in [-0.2, 0) is 9.63 Å². The Kier molecular flexibility index (Phi) is 1.89. The molecule has 0 heterocycles. The molecule has 4 heteroatoms. The van der Waals surface area contributed by atoms with E-state index >= 15 is 0 Å². The SMILES string of the molecule is CO/N=C(/C(N)=O)C1CC1. The van der Waals surface area contributed by atoms with Crippen LogP contribution >= 0.6 is 0 Å². The standard InChI is InChI=1S/C6H10N2O2/c1-10-8-5(6(7)9)4-2-3-4/h4H,2-3H2,1H3,(H2,7,9)/b8-5+. The minimum absolute atomic E-state index is 0.262. The van der Waals surface area contributed by atoms with Crippen molar-refractivity contribution in [3.8, 4) is 0 Å².